The predicted octanol–water partition coefficient (Wildman–Crippen LogP) is 3.71. The van der Waals surface area contributed by atoms with Crippen molar-refractivity contribution in [2.75, 3.05) is 13.2 Å². The minimum absolute atomic E-state index is 0.307. The monoisotopic (exact) mass is 275 g/mol. The largest absolute Gasteiger partial charge is 0.381 e. The molecule has 0 bridgehead atoms. The van der Waals surface area contributed by atoms with E-state index >= 15 is 0 Å². The molecule has 6 heteroatoms. The van der Waals surface area contributed by atoms with E-state index in [2.05, 4.69) is 5.16 Å². The quantitative estimate of drug-likeness (QED) is 0.525. The lowest BCUT2D eigenvalue weighted by Gasteiger charge is -2.30. The van der Waals surface area contributed by atoms with Crippen molar-refractivity contribution >= 4 is 13.3 Å². The zero-order valence-electron chi connectivity index (χ0n) is 11.5. The fourth-order valence-corrected chi connectivity index (χ4v) is 3.91. The first-order chi connectivity index (χ1) is 8.57. The molecule has 5 nitrogen and oxygen atoms in total. The summed E-state index contributed by atoms with van der Waals surface area (Å²) < 4.78 is 23.7. The van der Waals surface area contributed by atoms with E-state index in [4.69, 9.17) is 13.9 Å². The molecule has 0 radical (unpaired) electrons. The molecule has 0 aromatic heterocycles. The Morgan fingerprint density at radius 3 is 2.39 bits per heavy atom. The molecule has 0 amide bonds. The molecule has 0 spiro atoms. The Balaban J connectivity index is 3.07. The predicted molar refractivity (Wildman–Crippen MR) is 71.8 cm³/mol. The maximum absolute atomic E-state index is 12.9. The first-order valence-corrected chi connectivity index (χ1v) is 7.88. The van der Waals surface area contributed by atoms with Gasteiger partial charge in [0.05, 0.1) is 18.9 Å². The van der Waals surface area contributed by atoms with Crippen LogP contribution in [0.25, 0.3) is 0 Å². The zero-order valence-corrected chi connectivity index (χ0v) is 12.4. The Kier molecular flexibility index (Phi) is 5.57. The minimum atomic E-state index is -3.39. The Labute approximate surface area is 109 Å². The molecule has 1 heterocycles. The molecule has 1 rings (SSSR count). The van der Waals surface area contributed by atoms with Gasteiger partial charge in [-0.05, 0) is 33.3 Å². The van der Waals surface area contributed by atoms with Crippen LogP contribution < -0.4 is 0 Å². The van der Waals surface area contributed by atoms with Crippen LogP contribution in [0.5, 0.6) is 0 Å². The molecule has 18 heavy (non-hydrogen) atoms. The van der Waals surface area contributed by atoms with Gasteiger partial charge < -0.3 is 13.9 Å². The van der Waals surface area contributed by atoms with Crippen molar-refractivity contribution in [2.24, 2.45) is 5.16 Å². The number of nitrogens with zero attached hydrogens (tertiary/aromatic N) is 1. The van der Waals surface area contributed by atoms with Gasteiger partial charge in [-0.3, -0.25) is 4.57 Å². The second kappa shape index (κ2) is 6.50. The number of oxime groups is 1. The summed E-state index contributed by atoms with van der Waals surface area (Å²) in [6, 6.07) is 0. The molecule has 1 atom stereocenters. The van der Waals surface area contributed by atoms with Gasteiger partial charge in [0.1, 0.15) is 0 Å². The topological polar surface area (TPSA) is 57.1 Å². The van der Waals surface area contributed by atoms with Crippen LogP contribution in [0, 0.1) is 0 Å². The van der Waals surface area contributed by atoms with Crippen molar-refractivity contribution in [1.82, 2.24) is 0 Å². The summed E-state index contributed by atoms with van der Waals surface area (Å²) in [5, 5.41) is 2.89. The highest BCUT2D eigenvalue weighted by Gasteiger charge is 2.55. The SMILES string of the molecule is C/C=C\C1(P(=O)(OCC)OCC)CC(CC)=NO1. The molecule has 0 saturated heterocycles. The highest BCUT2D eigenvalue weighted by Crippen LogP contribution is 2.64. The molecule has 1 unspecified atom stereocenters. The number of hydrogen-bond donors (Lipinski definition) is 0. The third-order valence-corrected chi connectivity index (χ3v) is 5.20. The average molecular weight is 275 g/mol. The van der Waals surface area contributed by atoms with Crippen LogP contribution in [-0.4, -0.2) is 24.3 Å². The van der Waals surface area contributed by atoms with Crippen LogP contribution in [-0.2, 0) is 18.5 Å². The second-order valence-corrected chi connectivity index (χ2v) is 6.23. The summed E-state index contributed by atoms with van der Waals surface area (Å²) in [4.78, 5) is 5.44. The van der Waals surface area contributed by atoms with E-state index in [1.807, 2.05) is 13.8 Å². The van der Waals surface area contributed by atoms with E-state index in [0.29, 0.717) is 19.6 Å². The lowest BCUT2D eigenvalue weighted by atomic mass is 10.1. The van der Waals surface area contributed by atoms with Crippen molar-refractivity contribution in [3.05, 3.63) is 12.2 Å². The lowest BCUT2D eigenvalue weighted by Crippen LogP contribution is -2.29. The first kappa shape index (κ1) is 15.4. The van der Waals surface area contributed by atoms with Gasteiger partial charge in [0.15, 0.2) is 0 Å². The molecule has 104 valence electrons. The molecule has 0 aliphatic carbocycles. The number of allylic oxidation sites excluding steroid dienone is 1. The van der Waals surface area contributed by atoms with Gasteiger partial charge in [0.25, 0.3) is 5.34 Å². The van der Waals surface area contributed by atoms with Gasteiger partial charge in [0.2, 0.25) is 0 Å². The smallest absolute Gasteiger partial charge is 0.372 e. The van der Waals surface area contributed by atoms with Gasteiger partial charge >= 0.3 is 7.60 Å². The van der Waals surface area contributed by atoms with E-state index in [-0.39, 0.29) is 0 Å². The second-order valence-electron chi connectivity index (χ2n) is 3.96. The maximum atomic E-state index is 12.9. The van der Waals surface area contributed by atoms with E-state index in [0.717, 1.165) is 12.1 Å². The Morgan fingerprint density at radius 1 is 1.39 bits per heavy atom. The van der Waals surface area contributed by atoms with Gasteiger partial charge in [-0.25, -0.2) is 0 Å². The van der Waals surface area contributed by atoms with Gasteiger partial charge in [-0.1, -0.05) is 18.2 Å². The molecular weight excluding hydrogens is 253 g/mol. The number of rotatable bonds is 7. The van der Waals surface area contributed by atoms with Crippen molar-refractivity contribution in [3.8, 4) is 0 Å². The van der Waals surface area contributed by atoms with E-state index in [1.54, 1.807) is 26.0 Å². The highest BCUT2D eigenvalue weighted by molar-refractivity contribution is 7.55. The summed E-state index contributed by atoms with van der Waals surface area (Å²) >= 11 is 0. The van der Waals surface area contributed by atoms with Crippen molar-refractivity contribution < 1.29 is 18.5 Å². The standard InChI is InChI=1S/C12H22NO4P/c1-5-9-12(10-11(6-2)13-17-12)18(14,15-7-3)16-8-4/h5,9H,6-8,10H2,1-4H3/b9-5-. The molecule has 0 aromatic carbocycles. The summed E-state index contributed by atoms with van der Waals surface area (Å²) in [6.45, 7) is 8.01. The summed E-state index contributed by atoms with van der Waals surface area (Å²) in [6.07, 6.45) is 4.73. The normalized spacial score (nSPS) is 24.3. The zero-order chi connectivity index (χ0) is 13.6. The van der Waals surface area contributed by atoms with Crippen LogP contribution in [0.4, 0.5) is 0 Å². The molecule has 0 N–H and O–H groups in total. The molecular formula is C12H22NO4P. The average Bonchev–Trinajstić information content (AvgIpc) is 2.75. The molecule has 0 saturated carbocycles. The fraction of sp³-hybridized carbons (Fsp3) is 0.750. The lowest BCUT2D eigenvalue weighted by molar-refractivity contribution is 0.0467. The maximum Gasteiger partial charge on any atom is 0.381 e. The molecule has 1 aliphatic heterocycles. The van der Waals surface area contributed by atoms with Crippen LogP contribution in [0.15, 0.2) is 17.3 Å². The molecule has 1 aliphatic rings. The van der Waals surface area contributed by atoms with Crippen molar-refractivity contribution in [1.29, 1.82) is 0 Å². The third kappa shape index (κ3) is 2.85. The number of hydrogen-bond acceptors (Lipinski definition) is 5. The fourth-order valence-electron chi connectivity index (χ4n) is 1.87. The van der Waals surface area contributed by atoms with E-state index in [9.17, 15) is 4.57 Å². The Morgan fingerprint density at radius 2 is 2.00 bits per heavy atom. The van der Waals surface area contributed by atoms with Gasteiger partial charge in [-0.15, -0.1) is 0 Å². The van der Waals surface area contributed by atoms with Crippen molar-refractivity contribution in [2.45, 2.75) is 45.9 Å². The Hall–Kier alpha value is -0.640. The highest BCUT2D eigenvalue weighted by atomic mass is 31.2. The summed E-state index contributed by atoms with van der Waals surface area (Å²) in [5.74, 6) is 0. The summed E-state index contributed by atoms with van der Waals surface area (Å²) in [5.41, 5.74) is 0.868. The summed E-state index contributed by atoms with van der Waals surface area (Å²) in [7, 11) is -3.39. The van der Waals surface area contributed by atoms with E-state index in [1.165, 1.54) is 0 Å². The third-order valence-electron chi connectivity index (χ3n) is 2.69. The van der Waals surface area contributed by atoms with Gasteiger partial charge in [-0.2, -0.15) is 0 Å². The van der Waals surface area contributed by atoms with Gasteiger partial charge in [0, 0.05) is 6.42 Å². The first-order valence-electron chi connectivity index (χ1n) is 6.34. The van der Waals surface area contributed by atoms with Crippen molar-refractivity contribution in [3.63, 3.8) is 0 Å². The molecule has 0 fully saturated rings. The minimum Gasteiger partial charge on any atom is -0.372 e. The van der Waals surface area contributed by atoms with Crippen LogP contribution in [0.3, 0.4) is 0 Å². The van der Waals surface area contributed by atoms with Crippen LogP contribution in [0.1, 0.15) is 40.5 Å². The Bertz CT molecular complexity index is 370. The molecule has 0 aromatic rings. The van der Waals surface area contributed by atoms with Crippen LogP contribution >= 0.6 is 7.60 Å². The van der Waals surface area contributed by atoms with Crippen LogP contribution in [0.2, 0.25) is 0 Å². The van der Waals surface area contributed by atoms with E-state index < -0.39 is 12.9 Å².